The van der Waals surface area contributed by atoms with Gasteiger partial charge in [-0.1, -0.05) is 23.2 Å². The van der Waals surface area contributed by atoms with Gasteiger partial charge in [-0.3, -0.25) is 24.2 Å². The molecule has 1 aromatic rings. The number of urea groups is 1. The van der Waals surface area contributed by atoms with E-state index in [4.69, 9.17) is 27.9 Å². The topological polar surface area (TPSA) is 113 Å². The predicted octanol–water partition coefficient (Wildman–Crippen LogP) is 1.46. The van der Waals surface area contributed by atoms with Gasteiger partial charge < -0.3 is 10.1 Å². The number of imide groups is 2. The summed E-state index contributed by atoms with van der Waals surface area (Å²) in [4.78, 5) is 63.0. The molecule has 2 heterocycles. The monoisotopic (exact) mass is 427 g/mol. The first kappa shape index (κ1) is 20.1. The summed E-state index contributed by atoms with van der Waals surface area (Å²) in [5, 5.41) is 2.66. The number of esters is 1. The average Bonchev–Trinajstić information content (AvgIpc) is 3.16. The Morgan fingerprint density at radius 1 is 1.07 bits per heavy atom. The van der Waals surface area contributed by atoms with Crippen molar-refractivity contribution in [3.63, 3.8) is 0 Å². The lowest BCUT2D eigenvalue weighted by Gasteiger charge is -2.24. The second kappa shape index (κ2) is 7.40. The van der Waals surface area contributed by atoms with E-state index in [1.807, 2.05) is 0 Å². The molecule has 148 valence electrons. The van der Waals surface area contributed by atoms with Crippen molar-refractivity contribution in [2.75, 3.05) is 13.1 Å². The molecule has 3 rings (SSSR count). The largest absolute Gasteiger partial charge is 0.451 e. The third kappa shape index (κ3) is 3.31. The van der Waals surface area contributed by atoms with E-state index in [1.54, 1.807) is 0 Å². The number of rotatable bonds is 4. The molecule has 5 amide bonds. The summed E-state index contributed by atoms with van der Waals surface area (Å²) in [6.45, 7) is 3.07. The molecule has 0 spiro atoms. The number of benzene rings is 1. The zero-order valence-electron chi connectivity index (χ0n) is 14.8. The summed E-state index contributed by atoms with van der Waals surface area (Å²) in [6, 6.07) is 0.647. The van der Waals surface area contributed by atoms with Crippen LogP contribution in [-0.2, 0) is 14.3 Å². The van der Waals surface area contributed by atoms with Gasteiger partial charge in [-0.15, -0.1) is 0 Å². The van der Waals surface area contributed by atoms with Crippen LogP contribution in [0.4, 0.5) is 4.79 Å². The van der Waals surface area contributed by atoms with Gasteiger partial charge in [0.25, 0.3) is 17.7 Å². The van der Waals surface area contributed by atoms with E-state index in [2.05, 4.69) is 5.32 Å². The molecule has 0 aromatic heterocycles. The number of nitrogens with one attached hydrogen (secondary N) is 1. The van der Waals surface area contributed by atoms with Crippen molar-refractivity contribution >= 4 is 52.9 Å². The highest BCUT2D eigenvalue weighted by Crippen LogP contribution is 2.32. The summed E-state index contributed by atoms with van der Waals surface area (Å²) in [6.07, 6.45) is -1.27. The predicted molar refractivity (Wildman–Crippen MR) is 97.1 cm³/mol. The lowest BCUT2D eigenvalue weighted by atomic mass is 10.1. The number of carbonyl (C=O) groups excluding carboxylic acids is 5. The molecular weight excluding hydrogens is 413 g/mol. The highest BCUT2D eigenvalue weighted by molar-refractivity contribution is 6.43. The Bertz CT molecular complexity index is 877. The van der Waals surface area contributed by atoms with E-state index in [9.17, 15) is 24.0 Å². The van der Waals surface area contributed by atoms with Gasteiger partial charge in [0.1, 0.15) is 6.04 Å². The average molecular weight is 428 g/mol. The van der Waals surface area contributed by atoms with E-state index >= 15 is 0 Å². The van der Waals surface area contributed by atoms with E-state index in [0.29, 0.717) is 6.54 Å². The molecule has 9 nitrogen and oxygen atoms in total. The Labute approximate surface area is 169 Å². The van der Waals surface area contributed by atoms with Crippen LogP contribution >= 0.6 is 23.2 Å². The number of amides is 5. The van der Waals surface area contributed by atoms with Gasteiger partial charge in [0.15, 0.2) is 6.10 Å². The van der Waals surface area contributed by atoms with E-state index in [-0.39, 0.29) is 27.7 Å². The number of ether oxygens (including phenoxy) is 1. The third-order valence-electron chi connectivity index (χ3n) is 4.45. The minimum absolute atomic E-state index is 0.0249. The normalized spacial score (nSPS) is 18.1. The van der Waals surface area contributed by atoms with Crippen LogP contribution in [-0.4, -0.2) is 64.8 Å². The van der Waals surface area contributed by atoms with Crippen molar-refractivity contribution in [2.45, 2.75) is 26.0 Å². The van der Waals surface area contributed by atoms with Gasteiger partial charge in [0, 0.05) is 13.1 Å². The van der Waals surface area contributed by atoms with Crippen LogP contribution in [0.1, 0.15) is 34.6 Å². The lowest BCUT2D eigenvalue weighted by molar-refractivity contribution is -0.160. The Balaban J connectivity index is 1.73. The molecule has 0 aliphatic carbocycles. The molecule has 1 fully saturated rings. The summed E-state index contributed by atoms with van der Waals surface area (Å²) in [7, 11) is 0. The molecule has 0 radical (unpaired) electrons. The molecule has 11 heteroatoms. The molecule has 1 aromatic carbocycles. The Morgan fingerprint density at radius 2 is 1.61 bits per heavy atom. The van der Waals surface area contributed by atoms with Crippen LogP contribution in [0.5, 0.6) is 0 Å². The SMILES string of the molecule is CC(OC(=O)C(C)N1C(=O)c2cc(Cl)c(Cl)cc2C1=O)C(=O)N1CCNC1=O. The van der Waals surface area contributed by atoms with Gasteiger partial charge in [-0.25, -0.2) is 9.59 Å². The van der Waals surface area contributed by atoms with Crippen molar-refractivity contribution in [1.82, 2.24) is 15.1 Å². The molecule has 2 atom stereocenters. The van der Waals surface area contributed by atoms with E-state index in [0.717, 1.165) is 9.80 Å². The van der Waals surface area contributed by atoms with E-state index in [1.165, 1.54) is 26.0 Å². The highest BCUT2D eigenvalue weighted by atomic mass is 35.5. The van der Waals surface area contributed by atoms with Crippen molar-refractivity contribution < 1.29 is 28.7 Å². The molecule has 2 unspecified atom stereocenters. The van der Waals surface area contributed by atoms with Crippen LogP contribution in [0, 0.1) is 0 Å². The van der Waals surface area contributed by atoms with Gasteiger partial charge >= 0.3 is 12.0 Å². The molecule has 0 bridgehead atoms. The van der Waals surface area contributed by atoms with Crippen molar-refractivity contribution in [1.29, 1.82) is 0 Å². The van der Waals surface area contributed by atoms with Crippen molar-refractivity contribution in [2.24, 2.45) is 0 Å². The maximum absolute atomic E-state index is 12.6. The van der Waals surface area contributed by atoms with Crippen LogP contribution in [0.15, 0.2) is 12.1 Å². The minimum atomic E-state index is -1.30. The second-order valence-electron chi connectivity index (χ2n) is 6.27. The highest BCUT2D eigenvalue weighted by Gasteiger charge is 2.43. The van der Waals surface area contributed by atoms with Crippen LogP contribution in [0.25, 0.3) is 0 Å². The Morgan fingerprint density at radius 3 is 2.07 bits per heavy atom. The second-order valence-corrected chi connectivity index (χ2v) is 7.08. The number of hydrogen-bond acceptors (Lipinski definition) is 6. The van der Waals surface area contributed by atoms with Crippen LogP contribution in [0.3, 0.4) is 0 Å². The fourth-order valence-electron chi connectivity index (χ4n) is 2.93. The molecule has 28 heavy (non-hydrogen) atoms. The standard InChI is InChI=1S/C17H15Cl2N3O6/c1-7(16(26)28-8(2)13(23)21-4-3-20-17(21)27)22-14(24)9-5-11(18)12(19)6-10(9)15(22)25/h5-8H,3-4H2,1-2H3,(H,20,27). The lowest BCUT2D eigenvalue weighted by Crippen LogP contribution is -2.47. The first-order valence-electron chi connectivity index (χ1n) is 8.30. The molecular formula is C17H15Cl2N3O6. The van der Waals surface area contributed by atoms with Crippen molar-refractivity contribution in [3.8, 4) is 0 Å². The number of halogens is 2. The summed E-state index contributed by atoms with van der Waals surface area (Å²) in [5.41, 5.74) is 0.0498. The molecule has 2 aliphatic heterocycles. The summed E-state index contributed by atoms with van der Waals surface area (Å²) < 4.78 is 5.08. The zero-order valence-corrected chi connectivity index (χ0v) is 16.3. The third-order valence-corrected chi connectivity index (χ3v) is 5.17. The maximum atomic E-state index is 12.6. The van der Waals surface area contributed by atoms with Crippen LogP contribution in [0.2, 0.25) is 10.0 Å². The smallest absolute Gasteiger partial charge is 0.329 e. The quantitative estimate of drug-likeness (QED) is 0.574. The Hall–Kier alpha value is -2.65. The maximum Gasteiger partial charge on any atom is 0.329 e. The molecule has 0 saturated carbocycles. The summed E-state index contributed by atoms with van der Waals surface area (Å²) in [5.74, 6) is -3.11. The van der Waals surface area contributed by atoms with Crippen LogP contribution < -0.4 is 5.32 Å². The zero-order chi connectivity index (χ0) is 20.7. The number of carbonyl (C=O) groups is 5. The first-order valence-corrected chi connectivity index (χ1v) is 9.05. The minimum Gasteiger partial charge on any atom is -0.451 e. The first-order chi connectivity index (χ1) is 13.1. The fourth-order valence-corrected chi connectivity index (χ4v) is 3.26. The molecule has 1 saturated heterocycles. The van der Waals surface area contributed by atoms with E-state index < -0.39 is 41.9 Å². The van der Waals surface area contributed by atoms with Crippen molar-refractivity contribution in [3.05, 3.63) is 33.3 Å². The van der Waals surface area contributed by atoms with Gasteiger partial charge in [-0.05, 0) is 26.0 Å². The van der Waals surface area contributed by atoms with Gasteiger partial charge in [-0.2, -0.15) is 0 Å². The number of fused-ring (bicyclic) bond motifs is 1. The van der Waals surface area contributed by atoms with Gasteiger partial charge in [0.05, 0.1) is 21.2 Å². The number of hydrogen-bond donors (Lipinski definition) is 1. The molecule has 1 N–H and O–H groups in total. The molecule has 2 aliphatic rings. The number of nitrogens with zero attached hydrogens (tertiary/aromatic N) is 2. The fraction of sp³-hybridized carbons (Fsp3) is 0.353. The summed E-state index contributed by atoms with van der Waals surface area (Å²) >= 11 is 11.8. The van der Waals surface area contributed by atoms with Gasteiger partial charge in [0.2, 0.25) is 0 Å². The Kier molecular flexibility index (Phi) is 5.31.